The average Bonchev–Trinajstić information content (AvgIpc) is 3.14. The second kappa shape index (κ2) is 8.63. The van der Waals surface area contributed by atoms with Crippen LogP contribution in [0.5, 0.6) is 5.75 Å². The van der Waals surface area contributed by atoms with Crippen molar-refractivity contribution >= 4 is 5.97 Å². The number of esters is 1. The maximum absolute atomic E-state index is 11.7. The number of benzene rings is 2. The van der Waals surface area contributed by atoms with E-state index in [1.54, 1.807) is 0 Å². The van der Waals surface area contributed by atoms with Crippen molar-refractivity contribution in [2.24, 2.45) is 0 Å². The van der Waals surface area contributed by atoms with Crippen LogP contribution < -0.4 is 4.74 Å². The van der Waals surface area contributed by atoms with Gasteiger partial charge in [0.25, 0.3) is 5.89 Å². The summed E-state index contributed by atoms with van der Waals surface area (Å²) in [7, 11) is 0. The highest BCUT2D eigenvalue weighted by Crippen LogP contribution is 2.17. The first kappa shape index (κ1) is 16.7. The third kappa shape index (κ3) is 5.17. The molecule has 0 N–H and O–H groups in total. The van der Waals surface area contributed by atoms with E-state index >= 15 is 0 Å². The first-order valence-corrected chi connectivity index (χ1v) is 8.02. The lowest BCUT2D eigenvalue weighted by Crippen LogP contribution is -2.07. The summed E-state index contributed by atoms with van der Waals surface area (Å²) in [6.45, 7) is 0.427. The molecule has 0 fully saturated rings. The van der Waals surface area contributed by atoms with Gasteiger partial charge in [-0.1, -0.05) is 36.4 Å². The molecule has 6 nitrogen and oxygen atoms in total. The summed E-state index contributed by atoms with van der Waals surface area (Å²) in [5.41, 5.74) is 0.825. The summed E-state index contributed by atoms with van der Waals surface area (Å²) >= 11 is 0. The number of aromatic nitrogens is 2. The summed E-state index contributed by atoms with van der Waals surface area (Å²) in [5, 5.41) is 7.83. The van der Waals surface area contributed by atoms with Gasteiger partial charge in [-0.3, -0.25) is 4.79 Å². The first-order chi connectivity index (χ1) is 12.3. The summed E-state index contributed by atoms with van der Waals surface area (Å²) in [4.78, 5) is 11.7. The Kier molecular flexibility index (Phi) is 5.77. The molecule has 3 rings (SSSR count). The van der Waals surface area contributed by atoms with Gasteiger partial charge < -0.3 is 13.9 Å². The zero-order chi connectivity index (χ0) is 17.3. The lowest BCUT2D eigenvalue weighted by atomic mass is 10.2. The van der Waals surface area contributed by atoms with Crippen LogP contribution in [0.1, 0.15) is 18.7 Å². The van der Waals surface area contributed by atoms with Crippen molar-refractivity contribution in [2.75, 3.05) is 6.61 Å². The number of carbonyl (C=O) groups is 1. The summed E-state index contributed by atoms with van der Waals surface area (Å²) in [5.74, 6) is 1.14. The number of carbonyl (C=O) groups excluding carboxylic acids is 1. The maximum Gasteiger partial charge on any atom is 0.306 e. The van der Waals surface area contributed by atoms with E-state index in [1.165, 1.54) is 0 Å². The van der Waals surface area contributed by atoms with Gasteiger partial charge in [0.15, 0.2) is 6.61 Å². The molecule has 0 amide bonds. The third-order valence-corrected chi connectivity index (χ3v) is 3.38. The van der Waals surface area contributed by atoms with Crippen LogP contribution in [0.4, 0.5) is 0 Å². The smallest absolute Gasteiger partial charge is 0.306 e. The largest absolute Gasteiger partial charge is 0.494 e. The fourth-order valence-corrected chi connectivity index (χ4v) is 2.15. The molecule has 25 heavy (non-hydrogen) atoms. The minimum absolute atomic E-state index is 0.0296. The molecule has 0 bridgehead atoms. The Balaban J connectivity index is 1.37. The van der Waals surface area contributed by atoms with Gasteiger partial charge in [-0.25, -0.2) is 0 Å². The van der Waals surface area contributed by atoms with Gasteiger partial charge in [0.2, 0.25) is 5.89 Å². The van der Waals surface area contributed by atoms with Gasteiger partial charge in [0.1, 0.15) is 5.75 Å². The van der Waals surface area contributed by atoms with Crippen molar-refractivity contribution < 1.29 is 18.7 Å². The normalized spacial score (nSPS) is 10.4. The zero-order valence-corrected chi connectivity index (χ0v) is 13.6. The molecule has 0 saturated heterocycles. The van der Waals surface area contributed by atoms with E-state index in [2.05, 4.69) is 10.2 Å². The number of nitrogens with zero attached hydrogens (tertiary/aromatic N) is 2. The monoisotopic (exact) mass is 338 g/mol. The minimum atomic E-state index is -0.323. The fraction of sp³-hybridized carbons (Fsp3) is 0.211. The molecule has 0 aliphatic rings. The molecule has 1 heterocycles. The molecule has 0 saturated carbocycles. The van der Waals surface area contributed by atoms with E-state index in [4.69, 9.17) is 13.9 Å². The molecule has 0 unspecified atom stereocenters. The van der Waals surface area contributed by atoms with Gasteiger partial charge in [-0.2, -0.15) is 0 Å². The Hall–Kier alpha value is -3.15. The molecule has 128 valence electrons. The van der Waals surface area contributed by atoms with Gasteiger partial charge in [-0.15, -0.1) is 10.2 Å². The molecular formula is C19H18N2O4. The molecular weight excluding hydrogens is 320 g/mol. The van der Waals surface area contributed by atoms with Crippen molar-refractivity contribution in [2.45, 2.75) is 19.4 Å². The molecule has 0 spiro atoms. The molecule has 2 aromatic carbocycles. The van der Waals surface area contributed by atoms with E-state index in [0.717, 1.165) is 11.3 Å². The van der Waals surface area contributed by atoms with Crippen LogP contribution in [-0.2, 0) is 16.1 Å². The average molecular weight is 338 g/mol. The standard InChI is InChI=1S/C19H18N2O4/c22-18(12-7-13-23-16-10-5-2-6-11-16)24-14-17-20-21-19(25-17)15-8-3-1-4-9-15/h1-6,8-11H,7,12-14H2. The quantitative estimate of drug-likeness (QED) is 0.461. The zero-order valence-electron chi connectivity index (χ0n) is 13.6. The highest BCUT2D eigenvalue weighted by Gasteiger charge is 2.10. The molecule has 6 heteroatoms. The molecule has 3 aromatic rings. The lowest BCUT2D eigenvalue weighted by Gasteiger charge is -2.05. The van der Waals surface area contributed by atoms with Gasteiger partial charge >= 0.3 is 5.97 Å². The Labute approximate surface area is 145 Å². The van der Waals surface area contributed by atoms with Crippen molar-refractivity contribution in [3.63, 3.8) is 0 Å². The molecule has 0 aliphatic carbocycles. The van der Waals surface area contributed by atoms with Crippen LogP contribution in [0.3, 0.4) is 0 Å². The summed E-state index contributed by atoms with van der Waals surface area (Å²) in [6.07, 6.45) is 0.847. The van der Waals surface area contributed by atoms with Crippen molar-refractivity contribution in [1.29, 1.82) is 0 Å². The molecule has 0 atom stereocenters. The second-order valence-electron chi connectivity index (χ2n) is 5.29. The van der Waals surface area contributed by atoms with Gasteiger partial charge in [-0.05, 0) is 30.7 Å². The lowest BCUT2D eigenvalue weighted by molar-refractivity contribution is -0.145. The number of hydrogen-bond acceptors (Lipinski definition) is 6. The third-order valence-electron chi connectivity index (χ3n) is 3.38. The summed E-state index contributed by atoms with van der Waals surface area (Å²) < 4.78 is 16.1. The number of hydrogen-bond donors (Lipinski definition) is 0. The van der Waals surface area contributed by atoms with Gasteiger partial charge in [0.05, 0.1) is 6.61 Å². The van der Waals surface area contributed by atoms with E-state index in [0.29, 0.717) is 18.9 Å². The summed E-state index contributed by atoms with van der Waals surface area (Å²) in [6, 6.07) is 18.9. The van der Waals surface area contributed by atoms with Crippen molar-refractivity contribution in [3.8, 4) is 17.2 Å². The maximum atomic E-state index is 11.7. The SMILES string of the molecule is O=C(CCCOc1ccccc1)OCc1nnc(-c2ccccc2)o1. The highest BCUT2D eigenvalue weighted by atomic mass is 16.5. The Morgan fingerprint density at radius 3 is 2.44 bits per heavy atom. The topological polar surface area (TPSA) is 74.5 Å². The highest BCUT2D eigenvalue weighted by molar-refractivity contribution is 5.69. The number of para-hydroxylation sites is 1. The van der Waals surface area contributed by atoms with E-state index < -0.39 is 0 Å². The van der Waals surface area contributed by atoms with Crippen LogP contribution in [0, 0.1) is 0 Å². The van der Waals surface area contributed by atoms with Crippen molar-refractivity contribution in [1.82, 2.24) is 10.2 Å². The number of rotatable bonds is 8. The van der Waals surface area contributed by atoms with Crippen LogP contribution in [0.25, 0.3) is 11.5 Å². The fourth-order valence-electron chi connectivity index (χ4n) is 2.15. The Morgan fingerprint density at radius 1 is 0.960 bits per heavy atom. The van der Waals surface area contributed by atoms with E-state index in [9.17, 15) is 4.79 Å². The van der Waals surface area contributed by atoms with E-state index in [1.807, 2.05) is 60.7 Å². The number of ether oxygens (including phenoxy) is 2. The van der Waals surface area contributed by atoms with Crippen LogP contribution >= 0.6 is 0 Å². The Bertz CT molecular complexity index is 787. The van der Waals surface area contributed by atoms with Crippen LogP contribution in [0.15, 0.2) is 65.1 Å². The predicted molar refractivity (Wildman–Crippen MR) is 90.7 cm³/mol. The van der Waals surface area contributed by atoms with Crippen molar-refractivity contribution in [3.05, 3.63) is 66.6 Å². The van der Waals surface area contributed by atoms with Crippen LogP contribution in [0.2, 0.25) is 0 Å². The van der Waals surface area contributed by atoms with E-state index in [-0.39, 0.29) is 24.9 Å². The Morgan fingerprint density at radius 2 is 1.68 bits per heavy atom. The van der Waals surface area contributed by atoms with Gasteiger partial charge in [0, 0.05) is 12.0 Å². The first-order valence-electron chi connectivity index (χ1n) is 8.02. The predicted octanol–water partition coefficient (Wildman–Crippen LogP) is 3.64. The van der Waals surface area contributed by atoms with Crippen LogP contribution in [-0.4, -0.2) is 22.8 Å². The molecule has 0 radical (unpaired) electrons. The molecule has 1 aromatic heterocycles. The minimum Gasteiger partial charge on any atom is -0.494 e. The second-order valence-corrected chi connectivity index (χ2v) is 5.29. The molecule has 0 aliphatic heterocycles.